The molecule has 0 aromatic carbocycles. The summed E-state index contributed by atoms with van der Waals surface area (Å²) in [6.45, 7) is 6.16. The maximum atomic E-state index is 12.7. The number of carbonyl (C=O) groups is 4. The minimum atomic E-state index is -1.40. The number of aliphatic hydroxyl groups excluding tert-OH is 2. The minimum absolute atomic E-state index is 0.275. The number of carboxylic acids is 1. The number of amides is 3. The Morgan fingerprint density at radius 1 is 1.00 bits per heavy atom. The molecule has 29 heavy (non-hydrogen) atoms. The lowest BCUT2D eigenvalue weighted by atomic mass is 10.0. The standard InChI is InChI=1S/C18H32N4O7/c1-8(2)13(18(28)29)20-16(26)14(10(4)24)21-15(25)11-6-5-7-22(11)17(27)12(19)9(3)23/h8-14,23-24H,5-7,19H2,1-4H3,(H,20,26)(H,21,25)(H,28,29). The maximum Gasteiger partial charge on any atom is 0.326 e. The zero-order valence-electron chi connectivity index (χ0n) is 17.2. The first-order chi connectivity index (χ1) is 13.4. The van der Waals surface area contributed by atoms with Crippen LogP contribution in [0.1, 0.15) is 40.5 Å². The second kappa shape index (κ2) is 10.5. The number of carbonyl (C=O) groups excluding carboxylic acids is 3. The van der Waals surface area contributed by atoms with Crippen molar-refractivity contribution in [2.75, 3.05) is 6.54 Å². The van der Waals surface area contributed by atoms with Gasteiger partial charge in [-0.2, -0.15) is 0 Å². The van der Waals surface area contributed by atoms with Crippen molar-refractivity contribution < 1.29 is 34.5 Å². The summed E-state index contributed by atoms with van der Waals surface area (Å²) in [6, 6.07) is -4.66. The topological polar surface area (TPSA) is 182 Å². The first kappa shape index (κ1) is 24.8. The van der Waals surface area contributed by atoms with E-state index in [1.807, 2.05) is 0 Å². The highest BCUT2D eigenvalue weighted by Gasteiger charge is 2.39. The van der Waals surface area contributed by atoms with E-state index in [-0.39, 0.29) is 6.54 Å². The molecule has 1 heterocycles. The van der Waals surface area contributed by atoms with Crippen LogP contribution >= 0.6 is 0 Å². The van der Waals surface area contributed by atoms with Crippen molar-refractivity contribution in [2.45, 2.75) is 76.9 Å². The van der Waals surface area contributed by atoms with Gasteiger partial charge in [0.25, 0.3) is 0 Å². The van der Waals surface area contributed by atoms with Gasteiger partial charge in [-0.3, -0.25) is 14.4 Å². The summed E-state index contributed by atoms with van der Waals surface area (Å²) < 4.78 is 0. The molecule has 7 N–H and O–H groups in total. The Kier molecular flexibility index (Phi) is 8.99. The summed E-state index contributed by atoms with van der Waals surface area (Å²) in [7, 11) is 0. The first-order valence-corrected chi connectivity index (χ1v) is 9.64. The molecule has 1 fully saturated rings. The fourth-order valence-electron chi connectivity index (χ4n) is 3.11. The highest BCUT2D eigenvalue weighted by molar-refractivity contribution is 5.94. The van der Waals surface area contributed by atoms with Crippen LogP contribution in [0.5, 0.6) is 0 Å². The lowest BCUT2D eigenvalue weighted by Crippen LogP contribution is -2.60. The molecule has 0 aromatic rings. The van der Waals surface area contributed by atoms with E-state index in [1.165, 1.54) is 18.7 Å². The number of nitrogens with one attached hydrogen (secondary N) is 2. The van der Waals surface area contributed by atoms with Crippen LogP contribution in [-0.4, -0.2) is 86.8 Å². The van der Waals surface area contributed by atoms with Crippen LogP contribution in [0.3, 0.4) is 0 Å². The molecule has 6 atom stereocenters. The average Bonchev–Trinajstić information content (AvgIpc) is 3.11. The molecule has 0 aromatic heterocycles. The van der Waals surface area contributed by atoms with Gasteiger partial charge >= 0.3 is 5.97 Å². The van der Waals surface area contributed by atoms with Gasteiger partial charge in [0.2, 0.25) is 17.7 Å². The van der Waals surface area contributed by atoms with Gasteiger partial charge in [-0.05, 0) is 32.6 Å². The normalized spacial score (nSPS) is 21.8. The van der Waals surface area contributed by atoms with Crippen molar-refractivity contribution in [3.8, 4) is 0 Å². The second-order valence-electron chi connectivity index (χ2n) is 7.75. The molecule has 0 saturated carbocycles. The van der Waals surface area contributed by atoms with Gasteiger partial charge in [0, 0.05) is 6.54 Å². The van der Waals surface area contributed by atoms with Crippen LogP contribution < -0.4 is 16.4 Å². The van der Waals surface area contributed by atoms with Crippen LogP contribution in [0.2, 0.25) is 0 Å². The fraction of sp³-hybridized carbons (Fsp3) is 0.778. The number of nitrogens with two attached hydrogens (primary N) is 1. The molecule has 3 amide bonds. The summed E-state index contributed by atoms with van der Waals surface area (Å²) in [4.78, 5) is 50.2. The summed E-state index contributed by atoms with van der Waals surface area (Å²) in [6.07, 6.45) is -1.52. The van der Waals surface area contributed by atoms with Crippen molar-refractivity contribution in [1.29, 1.82) is 0 Å². The molecule has 0 spiro atoms. The lowest BCUT2D eigenvalue weighted by Gasteiger charge is -2.30. The molecule has 1 saturated heterocycles. The Hall–Kier alpha value is -2.24. The van der Waals surface area contributed by atoms with E-state index in [2.05, 4.69) is 10.6 Å². The van der Waals surface area contributed by atoms with E-state index in [0.29, 0.717) is 12.8 Å². The van der Waals surface area contributed by atoms with Crippen molar-refractivity contribution in [3.05, 3.63) is 0 Å². The van der Waals surface area contributed by atoms with Crippen molar-refractivity contribution in [3.63, 3.8) is 0 Å². The van der Waals surface area contributed by atoms with Gasteiger partial charge in [0.05, 0.1) is 12.2 Å². The average molecular weight is 416 g/mol. The number of nitrogens with zero attached hydrogens (tertiary/aromatic N) is 1. The molecule has 11 nitrogen and oxygen atoms in total. The lowest BCUT2D eigenvalue weighted by molar-refractivity contribution is -0.145. The number of hydrogen-bond acceptors (Lipinski definition) is 7. The second-order valence-corrected chi connectivity index (χ2v) is 7.75. The highest BCUT2D eigenvalue weighted by Crippen LogP contribution is 2.19. The third-order valence-corrected chi connectivity index (χ3v) is 4.94. The van der Waals surface area contributed by atoms with Crippen LogP contribution in [0.15, 0.2) is 0 Å². The zero-order valence-corrected chi connectivity index (χ0v) is 17.2. The van der Waals surface area contributed by atoms with Crippen molar-refractivity contribution in [2.24, 2.45) is 11.7 Å². The molecule has 6 unspecified atom stereocenters. The van der Waals surface area contributed by atoms with Gasteiger partial charge in [-0.25, -0.2) is 4.79 Å². The third kappa shape index (κ3) is 6.38. The quantitative estimate of drug-likeness (QED) is 0.244. The van der Waals surface area contributed by atoms with E-state index >= 15 is 0 Å². The van der Waals surface area contributed by atoms with Gasteiger partial charge < -0.3 is 36.6 Å². The van der Waals surface area contributed by atoms with Crippen LogP contribution in [0.25, 0.3) is 0 Å². The van der Waals surface area contributed by atoms with E-state index in [9.17, 15) is 34.5 Å². The van der Waals surface area contributed by atoms with Gasteiger partial charge in [0.1, 0.15) is 24.2 Å². The zero-order chi connectivity index (χ0) is 22.5. The van der Waals surface area contributed by atoms with E-state index in [1.54, 1.807) is 13.8 Å². The van der Waals surface area contributed by atoms with E-state index in [4.69, 9.17) is 5.73 Å². The molecule has 166 valence electrons. The Morgan fingerprint density at radius 3 is 2.03 bits per heavy atom. The van der Waals surface area contributed by atoms with Crippen molar-refractivity contribution >= 4 is 23.7 Å². The Bertz CT molecular complexity index is 623. The number of aliphatic carboxylic acids is 1. The molecule has 0 aliphatic carbocycles. The van der Waals surface area contributed by atoms with E-state index < -0.39 is 66.0 Å². The predicted octanol–water partition coefficient (Wildman–Crippen LogP) is -2.22. The number of rotatable bonds is 9. The number of hydrogen-bond donors (Lipinski definition) is 6. The maximum absolute atomic E-state index is 12.7. The number of aliphatic hydroxyl groups is 2. The predicted molar refractivity (Wildman–Crippen MR) is 102 cm³/mol. The van der Waals surface area contributed by atoms with Crippen molar-refractivity contribution in [1.82, 2.24) is 15.5 Å². The smallest absolute Gasteiger partial charge is 0.326 e. The first-order valence-electron chi connectivity index (χ1n) is 9.64. The minimum Gasteiger partial charge on any atom is -0.480 e. The highest BCUT2D eigenvalue weighted by atomic mass is 16.4. The van der Waals surface area contributed by atoms with Gasteiger partial charge in [-0.15, -0.1) is 0 Å². The van der Waals surface area contributed by atoms with Gasteiger partial charge in [0.15, 0.2) is 0 Å². The molecular weight excluding hydrogens is 384 g/mol. The van der Waals surface area contributed by atoms with E-state index in [0.717, 1.165) is 0 Å². The molecule has 1 aliphatic rings. The summed E-state index contributed by atoms with van der Waals surface area (Å²) in [5.41, 5.74) is 5.68. The summed E-state index contributed by atoms with van der Waals surface area (Å²) in [5.74, 6) is -3.73. The summed E-state index contributed by atoms with van der Waals surface area (Å²) >= 11 is 0. The molecule has 0 radical (unpaired) electrons. The summed E-state index contributed by atoms with van der Waals surface area (Å²) in [5, 5.41) is 33.4. The van der Waals surface area contributed by atoms with Gasteiger partial charge in [-0.1, -0.05) is 13.8 Å². The van der Waals surface area contributed by atoms with Crippen LogP contribution in [0.4, 0.5) is 0 Å². The molecular formula is C18H32N4O7. The largest absolute Gasteiger partial charge is 0.480 e. The van der Waals surface area contributed by atoms with Crippen LogP contribution in [-0.2, 0) is 19.2 Å². The monoisotopic (exact) mass is 416 g/mol. The number of likely N-dealkylation sites (tertiary alicyclic amines) is 1. The Balaban J connectivity index is 2.90. The Labute approximate surface area is 169 Å². The molecule has 11 heteroatoms. The Morgan fingerprint density at radius 2 is 1.59 bits per heavy atom. The molecule has 1 aliphatic heterocycles. The third-order valence-electron chi connectivity index (χ3n) is 4.94. The molecule has 0 bridgehead atoms. The molecule has 1 rings (SSSR count). The number of carboxylic acid groups (broad SMARTS) is 1. The van der Waals surface area contributed by atoms with Crippen LogP contribution in [0, 0.1) is 5.92 Å². The fourth-order valence-corrected chi connectivity index (χ4v) is 3.11. The SMILES string of the molecule is CC(C)C(NC(=O)C(NC(=O)C1CCCN1C(=O)C(N)C(C)O)C(C)O)C(=O)O.